The van der Waals surface area contributed by atoms with Gasteiger partial charge in [-0.05, 0) is 49.5 Å². The van der Waals surface area contributed by atoms with Crippen molar-refractivity contribution in [2.24, 2.45) is 10.1 Å². The third-order valence-electron chi connectivity index (χ3n) is 5.27. The number of fused-ring (bicyclic) bond motifs is 1. The third kappa shape index (κ3) is 3.89. The van der Waals surface area contributed by atoms with Gasteiger partial charge in [0.05, 0.1) is 28.9 Å². The largest absolute Gasteiger partial charge is 0.317 e. The van der Waals surface area contributed by atoms with Crippen molar-refractivity contribution in [3.8, 4) is 0 Å². The van der Waals surface area contributed by atoms with Crippen LogP contribution in [0, 0.1) is 0 Å². The molecule has 3 N–H and O–H groups in total. The first-order valence-corrected chi connectivity index (χ1v) is 10.9. The van der Waals surface area contributed by atoms with Crippen molar-refractivity contribution in [2.75, 3.05) is 13.1 Å². The Bertz CT molecular complexity index is 1130. The molecule has 0 atom stereocenters. The van der Waals surface area contributed by atoms with Crippen molar-refractivity contribution in [1.29, 1.82) is 0 Å². The molecule has 2 heterocycles. The van der Waals surface area contributed by atoms with Crippen LogP contribution in [0.25, 0.3) is 0 Å². The molecule has 8 nitrogen and oxygen atoms in total. The van der Waals surface area contributed by atoms with Crippen LogP contribution in [0.4, 0.5) is 5.69 Å². The summed E-state index contributed by atoms with van der Waals surface area (Å²) in [7, 11) is -4.12. The highest BCUT2D eigenvalue weighted by Gasteiger charge is 2.33. The number of aromatic nitrogens is 1. The smallest absolute Gasteiger partial charge is 0.238 e. The molecule has 0 amide bonds. The van der Waals surface area contributed by atoms with Gasteiger partial charge < -0.3 is 5.32 Å². The maximum absolute atomic E-state index is 12.9. The Labute approximate surface area is 168 Å². The van der Waals surface area contributed by atoms with E-state index in [0.29, 0.717) is 11.6 Å². The molecule has 0 bridgehead atoms. The molecule has 29 heavy (non-hydrogen) atoms. The van der Waals surface area contributed by atoms with Crippen LogP contribution in [-0.4, -0.2) is 43.8 Å². The number of nitrogens with two attached hydrogens (primary N) is 1. The van der Waals surface area contributed by atoms with Crippen LogP contribution < -0.4 is 10.5 Å². The monoisotopic (exact) mass is 412 g/mol. The number of sulfonamides is 1. The van der Waals surface area contributed by atoms with Gasteiger partial charge in [0.15, 0.2) is 5.78 Å². The van der Waals surface area contributed by atoms with E-state index in [2.05, 4.69) is 15.3 Å². The summed E-state index contributed by atoms with van der Waals surface area (Å²) in [6.07, 6.45) is 5.08. The van der Waals surface area contributed by atoms with E-state index in [1.54, 1.807) is 12.4 Å². The summed E-state index contributed by atoms with van der Waals surface area (Å²) in [4.78, 5) is 33.8. The fraction of sp³-hybridized carbons (Fsp3) is 0.300. The van der Waals surface area contributed by atoms with E-state index >= 15 is 0 Å². The minimum absolute atomic E-state index is 0.00833. The SMILES string of the molecule is NS(=O)(=O)c1cccc2c1C(=O)CC(=Nc1cncc(C3CCNCC3)c1)C2=O. The fourth-order valence-electron chi connectivity index (χ4n) is 3.85. The lowest BCUT2D eigenvalue weighted by atomic mass is 9.88. The molecule has 0 unspecified atom stereocenters. The number of benzene rings is 1. The van der Waals surface area contributed by atoms with Gasteiger partial charge in [0.1, 0.15) is 0 Å². The zero-order chi connectivity index (χ0) is 20.6. The Morgan fingerprint density at radius 3 is 2.62 bits per heavy atom. The minimum atomic E-state index is -4.12. The number of nitrogens with one attached hydrogen (secondary N) is 1. The van der Waals surface area contributed by atoms with Gasteiger partial charge in [-0.3, -0.25) is 14.6 Å². The lowest BCUT2D eigenvalue weighted by Crippen LogP contribution is -2.30. The van der Waals surface area contributed by atoms with Gasteiger partial charge in [0, 0.05) is 17.3 Å². The number of hydrogen-bond donors (Lipinski definition) is 2. The van der Waals surface area contributed by atoms with Crippen molar-refractivity contribution in [3.63, 3.8) is 0 Å². The number of aliphatic imine (C=N–C) groups is 1. The quantitative estimate of drug-likeness (QED) is 0.789. The predicted octanol–water partition coefficient (Wildman–Crippen LogP) is 1.74. The first-order valence-electron chi connectivity index (χ1n) is 9.31. The number of nitrogens with zero attached hydrogens (tertiary/aromatic N) is 2. The molecule has 2 aromatic rings. The first-order chi connectivity index (χ1) is 13.8. The van der Waals surface area contributed by atoms with E-state index in [1.807, 2.05) is 6.07 Å². The van der Waals surface area contributed by atoms with Crippen LogP contribution in [-0.2, 0) is 10.0 Å². The topological polar surface area (TPSA) is 132 Å². The van der Waals surface area contributed by atoms with Gasteiger partial charge in [-0.2, -0.15) is 0 Å². The summed E-state index contributed by atoms with van der Waals surface area (Å²) in [5, 5.41) is 8.52. The second kappa shape index (κ2) is 7.58. The van der Waals surface area contributed by atoms with E-state index in [0.717, 1.165) is 31.5 Å². The number of carbonyl (C=O) groups is 2. The molecule has 1 aromatic carbocycles. The van der Waals surface area contributed by atoms with Crippen LogP contribution in [0.3, 0.4) is 0 Å². The Hall–Kier alpha value is -2.75. The molecule has 2 aliphatic rings. The number of Topliss-reactive ketones (excluding diaryl/α,β-unsaturated/α-hetero) is 2. The van der Waals surface area contributed by atoms with Crippen molar-refractivity contribution >= 4 is 33.0 Å². The van der Waals surface area contributed by atoms with Crippen LogP contribution >= 0.6 is 0 Å². The summed E-state index contributed by atoms with van der Waals surface area (Å²) < 4.78 is 23.6. The Morgan fingerprint density at radius 2 is 1.90 bits per heavy atom. The molecule has 9 heteroatoms. The highest BCUT2D eigenvalue weighted by atomic mass is 32.2. The highest BCUT2D eigenvalue weighted by Crippen LogP contribution is 2.29. The molecule has 0 saturated carbocycles. The molecule has 0 radical (unpaired) electrons. The second-order valence-corrected chi connectivity index (χ2v) is 8.74. The van der Waals surface area contributed by atoms with E-state index in [4.69, 9.17) is 5.14 Å². The second-order valence-electron chi connectivity index (χ2n) is 7.21. The van der Waals surface area contributed by atoms with E-state index in [1.165, 1.54) is 18.2 Å². The summed E-state index contributed by atoms with van der Waals surface area (Å²) in [5.74, 6) is -0.589. The normalized spacial score (nSPS) is 19.4. The van der Waals surface area contributed by atoms with Crippen molar-refractivity contribution in [3.05, 3.63) is 53.3 Å². The van der Waals surface area contributed by atoms with Gasteiger partial charge >= 0.3 is 0 Å². The third-order valence-corrected chi connectivity index (χ3v) is 6.22. The number of ketones is 2. The number of primary sulfonamides is 1. The molecule has 1 saturated heterocycles. The molecule has 4 rings (SSSR count). The van der Waals surface area contributed by atoms with Gasteiger partial charge in [-0.25, -0.2) is 18.5 Å². The molecule has 1 aliphatic heterocycles. The average Bonchev–Trinajstić information content (AvgIpc) is 2.71. The number of rotatable bonds is 3. The maximum atomic E-state index is 12.9. The molecular weight excluding hydrogens is 392 g/mol. The van der Waals surface area contributed by atoms with Crippen molar-refractivity contribution < 1.29 is 18.0 Å². The lowest BCUT2D eigenvalue weighted by molar-refractivity contribution is 0.0962. The first kappa shape index (κ1) is 19.6. The summed E-state index contributed by atoms with van der Waals surface area (Å²) in [5.41, 5.74) is 1.48. The van der Waals surface area contributed by atoms with E-state index in [9.17, 15) is 18.0 Å². The summed E-state index contributed by atoms with van der Waals surface area (Å²) in [6, 6.07) is 5.94. The van der Waals surface area contributed by atoms with Gasteiger partial charge in [0.2, 0.25) is 15.8 Å². The number of pyridine rings is 1. The van der Waals surface area contributed by atoms with Crippen LogP contribution in [0.5, 0.6) is 0 Å². The molecule has 1 aliphatic carbocycles. The Morgan fingerprint density at radius 1 is 1.14 bits per heavy atom. The van der Waals surface area contributed by atoms with E-state index in [-0.39, 0.29) is 28.2 Å². The van der Waals surface area contributed by atoms with Crippen molar-refractivity contribution in [2.45, 2.75) is 30.1 Å². The molecule has 1 aromatic heterocycles. The van der Waals surface area contributed by atoms with Crippen LogP contribution in [0.1, 0.15) is 51.5 Å². The lowest BCUT2D eigenvalue weighted by Gasteiger charge is -2.22. The van der Waals surface area contributed by atoms with Crippen LogP contribution in [0.2, 0.25) is 0 Å². The molecule has 0 spiro atoms. The van der Waals surface area contributed by atoms with Gasteiger partial charge in [-0.15, -0.1) is 0 Å². The average molecular weight is 412 g/mol. The highest BCUT2D eigenvalue weighted by molar-refractivity contribution is 7.89. The fourth-order valence-corrected chi connectivity index (χ4v) is 4.63. The zero-order valence-corrected chi connectivity index (χ0v) is 16.4. The number of piperidine rings is 1. The molecular formula is C20H20N4O4S. The molecule has 150 valence electrons. The minimum Gasteiger partial charge on any atom is -0.317 e. The zero-order valence-electron chi connectivity index (χ0n) is 15.6. The maximum Gasteiger partial charge on any atom is 0.238 e. The predicted molar refractivity (Wildman–Crippen MR) is 107 cm³/mol. The number of carbonyl (C=O) groups excluding carboxylic acids is 2. The van der Waals surface area contributed by atoms with Crippen LogP contribution in [0.15, 0.2) is 46.5 Å². The summed E-state index contributed by atoms with van der Waals surface area (Å²) >= 11 is 0. The Balaban J connectivity index is 1.71. The summed E-state index contributed by atoms with van der Waals surface area (Å²) in [6.45, 7) is 1.89. The van der Waals surface area contributed by atoms with Gasteiger partial charge in [-0.1, -0.05) is 12.1 Å². The van der Waals surface area contributed by atoms with Gasteiger partial charge in [0.25, 0.3) is 0 Å². The van der Waals surface area contributed by atoms with E-state index < -0.39 is 21.6 Å². The molecule has 1 fully saturated rings. The number of hydrogen-bond acceptors (Lipinski definition) is 7. The standard InChI is InChI=1S/C20H20N4O4S/c21-29(27,28)18-3-1-2-15-19(18)17(25)9-16(20(15)26)24-14-8-13(10-23-11-14)12-4-6-22-7-5-12/h1-3,8,10-12,22H,4-7,9H2,(H2,21,27,28). The Kier molecular flexibility index (Phi) is 5.12. The van der Waals surface area contributed by atoms with Crippen molar-refractivity contribution in [1.82, 2.24) is 10.3 Å².